The van der Waals surface area contributed by atoms with Gasteiger partial charge in [0.1, 0.15) is 19.3 Å². The van der Waals surface area contributed by atoms with E-state index in [4.69, 9.17) is 37.0 Å². The molecule has 3 N–H and O–H groups in total. The number of aliphatic hydroxyl groups is 1. The van der Waals surface area contributed by atoms with Crippen LogP contribution in [0.1, 0.15) is 349 Å². The molecule has 620 valence electrons. The summed E-state index contributed by atoms with van der Waals surface area (Å²) >= 11 is 0. The molecule has 108 heavy (non-hydrogen) atoms. The van der Waals surface area contributed by atoms with Gasteiger partial charge in [0, 0.05) is 25.7 Å². The highest BCUT2D eigenvalue weighted by Crippen LogP contribution is 2.45. The predicted molar refractivity (Wildman–Crippen MR) is 445 cm³/mol. The van der Waals surface area contributed by atoms with E-state index < -0.39 is 97.5 Å². The molecule has 0 aliphatic heterocycles. The van der Waals surface area contributed by atoms with Crippen LogP contribution in [0.5, 0.6) is 0 Å². The van der Waals surface area contributed by atoms with Gasteiger partial charge in [0.25, 0.3) is 0 Å². The van der Waals surface area contributed by atoms with Crippen molar-refractivity contribution in [1.82, 2.24) is 0 Å². The van der Waals surface area contributed by atoms with E-state index in [0.29, 0.717) is 25.7 Å². The van der Waals surface area contributed by atoms with Gasteiger partial charge in [-0.05, 0) is 141 Å². The molecular weight excluding hydrogens is 1400 g/mol. The monoisotopic (exact) mass is 1560 g/mol. The Bertz CT molecular complexity index is 2560. The number of unbranched alkanes of at least 4 members (excludes halogenated alkanes) is 31. The fraction of sp³-hybridized carbons (Fsp3) is 0.708. The second kappa shape index (κ2) is 80.3. The Morgan fingerprint density at radius 3 is 0.769 bits per heavy atom. The molecule has 0 rings (SSSR count). The molecule has 0 saturated carbocycles. The van der Waals surface area contributed by atoms with E-state index in [-0.39, 0.29) is 25.7 Å². The molecular formula is C89H152O17P2. The first-order valence-electron chi connectivity index (χ1n) is 42.4. The largest absolute Gasteiger partial charge is 0.472 e. The van der Waals surface area contributed by atoms with Crippen molar-refractivity contribution in [3.05, 3.63) is 134 Å². The molecule has 0 aromatic heterocycles. The summed E-state index contributed by atoms with van der Waals surface area (Å²) in [6, 6.07) is 0. The second-order valence-electron chi connectivity index (χ2n) is 28.0. The Kier molecular flexibility index (Phi) is 76.7. The van der Waals surface area contributed by atoms with E-state index in [1.807, 2.05) is 0 Å². The van der Waals surface area contributed by atoms with Gasteiger partial charge in [-0.2, -0.15) is 0 Å². The highest BCUT2D eigenvalue weighted by Gasteiger charge is 2.30. The van der Waals surface area contributed by atoms with Crippen molar-refractivity contribution in [3.8, 4) is 0 Å². The number of aliphatic hydroxyl groups excluding tert-OH is 1. The molecule has 0 radical (unpaired) electrons. The van der Waals surface area contributed by atoms with E-state index in [1.165, 1.54) is 70.6 Å². The molecule has 19 heteroatoms. The molecule has 0 aromatic carbocycles. The van der Waals surface area contributed by atoms with Crippen molar-refractivity contribution in [2.75, 3.05) is 39.6 Å². The molecule has 17 nitrogen and oxygen atoms in total. The van der Waals surface area contributed by atoms with Gasteiger partial charge in [0.2, 0.25) is 0 Å². The number of carbonyl (C=O) groups is 4. The van der Waals surface area contributed by atoms with E-state index >= 15 is 0 Å². The van der Waals surface area contributed by atoms with Crippen molar-refractivity contribution >= 4 is 39.5 Å². The number of allylic oxidation sites excluding steroid dienone is 22. The fourth-order valence-electron chi connectivity index (χ4n) is 11.2. The molecule has 0 aromatic rings. The first kappa shape index (κ1) is 103. The highest BCUT2D eigenvalue weighted by molar-refractivity contribution is 7.47. The van der Waals surface area contributed by atoms with Gasteiger partial charge in [-0.15, -0.1) is 0 Å². The lowest BCUT2D eigenvalue weighted by molar-refractivity contribution is -0.161. The van der Waals surface area contributed by atoms with Crippen LogP contribution in [0.4, 0.5) is 0 Å². The number of hydrogen-bond acceptors (Lipinski definition) is 15. The molecule has 5 unspecified atom stereocenters. The molecule has 0 amide bonds. The topological polar surface area (TPSA) is 237 Å². The van der Waals surface area contributed by atoms with Gasteiger partial charge in [-0.3, -0.25) is 37.3 Å². The normalized spacial score (nSPS) is 14.5. The summed E-state index contributed by atoms with van der Waals surface area (Å²) in [5.74, 6) is -2.22. The molecule has 0 bridgehead atoms. The Morgan fingerprint density at radius 2 is 0.481 bits per heavy atom. The first-order valence-corrected chi connectivity index (χ1v) is 45.4. The van der Waals surface area contributed by atoms with Crippen LogP contribution in [0, 0.1) is 0 Å². The van der Waals surface area contributed by atoms with Crippen molar-refractivity contribution in [1.29, 1.82) is 0 Å². The maximum Gasteiger partial charge on any atom is 0.472 e. The molecule has 0 spiro atoms. The summed E-state index contributed by atoms with van der Waals surface area (Å²) in [5, 5.41) is 10.7. The van der Waals surface area contributed by atoms with Gasteiger partial charge < -0.3 is 33.8 Å². The van der Waals surface area contributed by atoms with Crippen molar-refractivity contribution < 1.29 is 80.2 Å². The third-order valence-corrected chi connectivity index (χ3v) is 19.5. The van der Waals surface area contributed by atoms with E-state index in [9.17, 15) is 43.2 Å². The lowest BCUT2D eigenvalue weighted by Gasteiger charge is -2.21. The zero-order valence-corrected chi connectivity index (χ0v) is 69.8. The summed E-state index contributed by atoms with van der Waals surface area (Å²) in [5.41, 5.74) is 0. The summed E-state index contributed by atoms with van der Waals surface area (Å²) in [7, 11) is -9.98. The predicted octanol–water partition coefficient (Wildman–Crippen LogP) is 25.2. The van der Waals surface area contributed by atoms with Crippen molar-refractivity contribution in [2.45, 2.75) is 367 Å². The van der Waals surface area contributed by atoms with E-state index in [0.717, 1.165) is 199 Å². The highest BCUT2D eigenvalue weighted by atomic mass is 31.2. The number of hydrogen-bond donors (Lipinski definition) is 3. The van der Waals surface area contributed by atoms with Crippen LogP contribution in [0.2, 0.25) is 0 Å². The Balaban J connectivity index is 5.41. The average Bonchev–Trinajstić information content (AvgIpc) is 0.892. The van der Waals surface area contributed by atoms with Crippen LogP contribution < -0.4 is 0 Å². The maximum atomic E-state index is 13.1. The number of ether oxygens (including phenoxy) is 4. The van der Waals surface area contributed by atoms with Gasteiger partial charge in [0.05, 0.1) is 26.4 Å². The van der Waals surface area contributed by atoms with Gasteiger partial charge in [0.15, 0.2) is 12.2 Å². The summed E-state index contributed by atoms with van der Waals surface area (Å²) < 4.78 is 68.8. The smallest absolute Gasteiger partial charge is 0.462 e. The minimum absolute atomic E-state index is 0.0701. The number of phosphoric ester groups is 2. The second-order valence-corrected chi connectivity index (χ2v) is 30.9. The molecule has 0 aliphatic carbocycles. The standard InChI is InChI=1S/C89H152O17P2/c1-5-9-13-17-21-25-29-33-36-39-41-44-47-51-54-58-62-66-70-74-87(92)100-80-85(106-89(94)76-72-68-64-60-56-52-48-45-42-40-37-34-30-26-22-18-14-10-6-2)82-104-108(97,98)102-78-83(90)77-101-107(95,96)103-81-84(105-88(93)75-71-67-63-59-55-49-32-28-24-20-16-12-8-4)79-99-86(91)73-69-65-61-57-53-50-46-43-38-35-31-27-23-19-15-11-7-3/h9,11,13,15,21-23,25-27,33-38,41-42,44-45,51,54,83-85,90H,5-8,10,12,14,16-20,24,28-32,39-40,43,46-50,52-53,55-82H2,1-4H3,(H,95,96)(H,97,98)/b13-9-,15-11-,25-21-,26-22-,27-23-,36-33-,37-34-,38-35-,44-41-,45-42-,54-51-. The van der Waals surface area contributed by atoms with E-state index in [1.54, 1.807) is 0 Å². The number of rotatable bonds is 79. The quantitative estimate of drug-likeness (QED) is 0.0169. The third-order valence-electron chi connectivity index (χ3n) is 17.6. The van der Waals surface area contributed by atoms with Crippen LogP contribution in [0.15, 0.2) is 134 Å². The van der Waals surface area contributed by atoms with Crippen LogP contribution in [0.3, 0.4) is 0 Å². The number of phosphoric acid groups is 2. The Hall–Kier alpha value is -4.80. The molecule has 0 fully saturated rings. The minimum Gasteiger partial charge on any atom is -0.462 e. The number of carbonyl (C=O) groups excluding carboxylic acids is 4. The molecule has 5 atom stereocenters. The average molecular weight is 1560 g/mol. The Labute approximate surface area is 656 Å². The van der Waals surface area contributed by atoms with Crippen molar-refractivity contribution in [3.63, 3.8) is 0 Å². The van der Waals surface area contributed by atoms with Gasteiger partial charge in [-0.1, -0.05) is 315 Å². The Morgan fingerprint density at radius 1 is 0.269 bits per heavy atom. The van der Waals surface area contributed by atoms with Crippen LogP contribution in [-0.4, -0.2) is 96.7 Å². The molecule has 0 heterocycles. The van der Waals surface area contributed by atoms with E-state index in [2.05, 4.69) is 161 Å². The van der Waals surface area contributed by atoms with Crippen LogP contribution >= 0.6 is 15.6 Å². The summed E-state index contributed by atoms with van der Waals surface area (Å²) in [6.45, 7) is 4.61. The molecule has 0 aliphatic rings. The van der Waals surface area contributed by atoms with Crippen LogP contribution in [0.25, 0.3) is 0 Å². The van der Waals surface area contributed by atoms with Gasteiger partial charge >= 0.3 is 39.5 Å². The summed E-state index contributed by atoms with van der Waals surface area (Å²) in [6.07, 6.45) is 91.2. The zero-order valence-electron chi connectivity index (χ0n) is 68.0. The van der Waals surface area contributed by atoms with Crippen LogP contribution in [-0.2, 0) is 65.4 Å². The van der Waals surface area contributed by atoms with Crippen molar-refractivity contribution in [2.24, 2.45) is 0 Å². The minimum atomic E-state index is -5.00. The fourth-order valence-corrected chi connectivity index (χ4v) is 12.8. The zero-order chi connectivity index (χ0) is 78.9. The first-order chi connectivity index (χ1) is 52.7. The SMILES string of the molecule is CC/C=C\C/C=C\C/C=C\C/C=C\C/C=C\CCCCCC(=O)OCC(COP(=O)(O)OCC(O)COP(=O)(O)OCC(COC(=O)CCCCCCCCC/C=C\C/C=C\C/C=C\CC)OC(=O)CCCCCCCCCCCCCCC)OC(=O)CCCCCCCC/C=C\C/C=C\C/C=C\CCCCC. The lowest BCUT2D eigenvalue weighted by atomic mass is 10.0. The number of esters is 4. The lowest BCUT2D eigenvalue weighted by Crippen LogP contribution is -2.30. The van der Waals surface area contributed by atoms with Gasteiger partial charge in [-0.25, -0.2) is 9.13 Å². The molecule has 0 saturated heterocycles. The maximum absolute atomic E-state index is 13.1. The third kappa shape index (κ3) is 79.3. The summed E-state index contributed by atoms with van der Waals surface area (Å²) in [4.78, 5) is 73.2.